The highest BCUT2D eigenvalue weighted by Crippen LogP contribution is 2.53. The van der Waals surface area contributed by atoms with E-state index in [-0.39, 0.29) is 44.3 Å². The number of carboxylic acids is 2. The van der Waals surface area contributed by atoms with E-state index in [1.165, 1.54) is 66.7 Å². The minimum absolute atomic E-state index is 0.0242. The quantitative estimate of drug-likeness (QED) is 0.112. The molecule has 4 aromatic carbocycles. The molecule has 0 spiro atoms. The summed E-state index contributed by atoms with van der Waals surface area (Å²) in [4.78, 5) is 37.5. The topological polar surface area (TPSA) is 128 Å². The minimum atomic E-state index is -1.41. The van der Waals surface area contributed by atoms with Crippen LogP contribution in [0.25, 0.3) is 0 Å². The Labute approximate surface area is 292 Å². The molecule has 1 aliphatic heterocycles. The SMILES string of the molecule is CC(C)(C)C[C@@H]1N[C@@H](C(=O)Nc2ccc(C(=O)O)cc2)[C@H](c2cccc(Cl)c2F)[C@@]1(CNc1cccc(C(=O)O)c1)c1ccc(Cl)cc1F. The summed E-state index contributed by atoms with van der Waals surface area (Å²) in [5, 5.41) is 28.5. The molecule has 1 saturated heterocycles. The maximum Gasteiger partial charge on any atom is 0.335 e. The first-order valence-electron chi connectivity index (χ1n) is 15.5. The molecule has 8 nitrogen and oxygen atoms in total. The Bertz CT molecular complexity index is 1900. The van der Waals surface area contributed by atoms with Crippen molar-refractivity contribution in [2.24, 2.45) is 5.41 Å². The maximum atomic E-state index is 16.4. The van der Waals surface area contributed by atoms with E-state index in [0.717, 1.165) is 0 Å². The molecule has 49 heavy (non-hydrogen) atoms. The average molecular weight is 711 g/mol. The molecular weight excluding hydrogens is 675 g/mol. The van der Waals surface area contributed by atoms with Crippen LogP contribution < -0.4 is 16.0 Å². The fraction of sp³-hybridized carbons (Fsp3) is 0.270. The van der Waals surface area contributed by atoms with Gasteiger partial charge in [0.25, 0.3) is 0 Å². The molecule has 0 unspecified atom stereocenters. The number of carboxylic acid groups (broad SMARTS) is 2. The maximum absolute atomic E-state index is 16.4. The van der Waals surface area contributed by atoms with Crippen molar-refractivity contribution in [2.45, 2.75) is 50.6 Å². The molecule has 0 aromatic heterocycles. The van der Waals surface area contributed by atoms with Crippen LogP contribution in [-0.4, -0.2) is 46.7 Å². The molecule has 1 fully saturated rings. The third kappa shape index (κ3) is 7.56. The van der Waals surface area contributed by atoms with Gasteiger partial charge in [-0.3, -0.25) is 4.79 Å². The zero-order chi connectivity index (χ0) is 35.7. The van der Waals surface area contributed by atoms with Gasteiger partial charge in [0.1, 0.15) is 11.6 Å². The van der Waals surface area contributed by atoms with Gasteiger partial charge in [0.2, 0.25) is 5.91 Å². The minimum Gasteiger partial charge on any atom is -0.478 e. The van der Waals surface area contributed by atoms with Crippen molar-refractivity contribution in [3.8, 4) is 0 Å². The van der Waals surface area contributed by atoms with Gasteiger partial charge in [-0.25, -0.2) is 18.4 Å². The number of carbonyl (C=O) groups excluding carboxylic acids is 1. The summed E-state index contributed by atoms with van der Waals surface area (Å²) < 4.78 is 32.7. The van der Waals surface area contributed by atoms with E-state index in [2.05, 4.69) is 16.0 Å². The van der Waals surface area contributed by atoms with Crippen LogP contribution in [0, 0.1) is 17.0 Å². The smallest absolute Gasteiger partial charge is 0.335 e. The summed E-state index contributed by atoms with van der Waals surface area (Å²) in [6.45, 7) is 5.91. The predicted molar refractivity (Wildman–Crippen MR) is 186 cm³/mol. The molecule has 0 aliphatic carbocycles. The lowest BCUT2D eigenvalue weighted by Gasteiger charge is -2.43. The first-order chi connectivity index (χ1) is 23.1. The lowest BCUT2D eigenvalue weighted by Crippen LogP contribution is -2.50. The highest BCUT2D eigenvalue weighted by atomic mass is 35.5. The van der Waals surface area contributed by atoms with Crippen LogP contribution in [0.15, 0.2) is 84.9 Å². The number of amides is 1. The third-order valence-electron chi connectivity index (χ3n) is 8.83. The lowest BCUT2D eigenvalue weighted by atomic mass is 9.61. The van der Waals surface area contributed by atoms with Gasteiger partial charge in [0, 0.05) is 40.3 Å². The van der Waals surface area contributed by atoms with Crippen LogP contribution in [0.5, 0.6) is 0 Å². The van der Waals surface area contributed by atoms with Crippen molar-refractivity contribution in [2.75, 3.05) is 17.2 Å². The van der Waals surface area contributed by atoms with E-state index < -0.39 is 52.9 Å². The zero-order valence-electron chi connectivity index (χ0n) is 26.9. The average Bonchev–Trinajstić information content (AvgIpc) is 3.34. The van der Waals surface area contributed by atoms with Crippen LogP contribution >= 0.6 is 23.2 Å². The van der Waals surface area contributed by atoms with Crippen LogP contribution in [0.4, 0.5) is 20.2 Å². The molecule has 1 heterocycles. The van der Waals surface area contributed by atoms with E-state index in [1.807, 2.05) is 20.8 Å². The van der Waals surface area contributed by atoms with Gasteiger partial charge < -0.3 is 26.2 Å². The summed E-state index contributed by atoms with van der Waals surface area (Å²) >= 11 is 12.6. The molecule has 1 amide bonds. The Kier molecular flexibility index (Phi) is 10.3. The fourth-order valence-corrected chi connectivity index (χ4v) is 7.09. The Balaban J connectivity index is 1.74. The van der Waals surface area contributed by atoms with E-state index in [1.54, 1.807) is 18.2 Å². The van der Waals surface area contributed by atoms with Crippen LogP contribution in [-0.2, 0) is 10.2 Å². The molecule has 0 saturated carbocycles. The van der Waals surface area contributed by atoms with E-state index in [0.29, 0.717) is 17.8 Å². The Morgan fingerprint density at radius 1 is 0.857 bits per heavy atom. The molecule has 256 valence electrons. The monoisotopic (exact) mass is 709 g/mol. The van der Waals surface area contributed by atoms with Gasteiger partial charge in [0.05, 0.1) is 22.2 Å². The molecule has 0 bridgehead atoms. The number of halogens is 4. The first-order valence-corrected chi connectivity index (χ1v) is 16.2. The number of carbonyl (C=O) groups is 3. The van der Waals surface area contributed by atoms with Gasteiger partial charge in [-0.1, -0.05) is 68.2 Å². The first kappa shape index (κ1) is 35.8. The Morgan fingerprint density at radius 2 is 1.53 bits per heavy atom. The second-order valence-electron chi connectivity index (χ2n) is 13.4. The normalized spacial score (nSPS) is 20.5. The Morgan fingerprint density at radius 3 is 2.16 bits per heavy atom. The van der Waals surface area contributed by atoms with Crippen molar-refractivity contribution in [1.82, 2.24) is 5.32 Å². The van der Waals surface area contributed by atoms with Crippen LogP contribution in [0.2, 0.25) is 10.0 Å². The molecule has 4 aromatic rings. The number of benzene rings is 4. The number of rotatable bonds is 10. The number of anilines is 2. The second kappa shape index (κ2) is 14.2. The van der Waals surface area contributed by atoms with Crippen molar-refractivity contribution >= 4 is 52.4 Å². The van der Waals surface area contributed by atoms with Crippen molar-refractivity contribution in [3.05, 3.63) is 129 Å². The summed E-state index contributed by atoms with van der Waals surface area (Å²) in [5.74, 6) is -5.39. The van der Waals surface area contributed by atoms with Gasteiger partial charge in [-0.15, -0.1) is 0 Å². The van der Waals surface area contributed by atoms with Gasteiger partial charge >= 0.3 is 11.9 Å². The molecule has 1 aliphatic rings. The highest BCUT2D eigenvalue weighted by molar-refractivity contribution is 6.31. The molecule has 0 radical (unpaired) electrons. The standard InChI is InChI=1S/C37H35Cl2F2N3O5/c1-36(2,3)18-29-37(26-15-12-22(38)17-28(26)40,19-42-24-7-4-6-21(16-24)35(48)49)30(25-8-5-9-27(39)31(25)41)32(44-29)33(45)43-23-13-10-20(11-14-23)34(46)47/h4-17,29-30,32,42,44H,18-19H2,1-3H3,(H,43,45)(H,46,47)(H,48,49)/t29-,30-,32+,37-/m0/s1. The number of hydrogen-bond acceptors (Lipinski definition) is 5. The summed E-state index contributed by atoms with van der Waals surface area (Å²) in [6.07, 6.45) is 0.391. The molecule has 5 rings (SSSR count). The largest absolute Gasteiger partial charge is 0.478 e. The number of aromatic carboxylic acids is 2. The zero-order valence-corrected chi connectivity index (χ0v) is 28.4. The fourth-order valence-electron chi connectivity index (χ4n) is 6.75. The van der Waals surface area contributed by atoms with E-state index in [4.69, 9.17) is 23.2 Å². The molecule has 4 atom stereocenters. The number of hydrogen-bond donors (Lipinski definition) is 5. The summed E-state index contributed by atoms with van der Waals surface area (Å²) in [7, 11) is 0. The molecule has 5 N–H and O–H groups in total. The Hall–Kier alpha value is -4.51. The van der Waals surface area contributed by atoms with Crippen LogP contribution in [0.3, 0.4) is 0 Å². The van der Waals surface area contributed by atoms with Crippen molar-refractivity contribution < 1.29 is 33.4 Å². The van der Waals surface area contributed by atoms with Crippen LogP contribution in [0.1, 0.15) is 65.0 Å². The van der Waals surface area contributed by atoms with Crippen molar-refractivity contribution in [1.29, 1.82) is 0 Å². The summed E-state index contributed by atoms with van der Waals surface area (Å²) in [5.41, 5.74) is -0.813. The molecular formula is C37H35Cl2F2N3O5. The van der Waals surface area contributed by atoms with E-state index in [9.17, 15) is 24.6 Å². The lowest BCUT2D eigenvalue weighted by molar-refractivity contribution is -0.118. The molecule has 12 heteroatoms. The van der Waals surface area contributed by atoms with Gasteiger partial charge in [-0.05, 0) is 83.6 Å². The van der Waals surface area contributed by atoms with Crippen molar-refractivity contribution in [3.63, 3.8) is 0 Å². The third-order valence-corrected chi connectivity index (χ3v) is 9.36. The second-order valence-corrected chi connectivity index (χ2v) is 14.2. The van der Waals surface area contributed by atoms with E-state index >= 15 is 8.78 Å². The van der Waals surface area contributed by atoms with Gasteiger partial charge in [-0.2, -0.15) is 0 Å². The predicted octanol–water partition coefficient (Wildman–Crippen LogP) is 8.22. The van der Waals surface area contributed by atoms with Gasteiger partial charge in [0.15, 0.2) is 0 Å². The summed E-state index contributed by atoms with van der Waals surface area (Å²) in [6, 6.07) is 18.6. The highest BCUT2D eigenvalue weighted by Gasteiger charge is 2.60. The number of nitrogens with one attached hydrogen (secondary N) is 3.